The van der Waals surface area contributed by atoms with E-state index in [1.54, 1.807) is 11.0 Å². The largest absolute Gasteiger partial charge is 0.416 e. The predicted octanol–water partition coefficient (Wildman–Crippen LogP) is 3.50. The van der Waals surface area contributed by atoms with E-state index in [1.165, 1.54) is 12.1 Å². The molecule has 0 saturated carbocycles. The normalized spacial score (nSPS) is 18.1. The highest BCUT2D eigenvalue weighted by molar-refractivity contribution is 5.98. The molecule has 1 fully saturated rings. The van der Waals surface area contributed by atoms with Gasteiger partial charge in [0.15, 0.2) is 5.78 Å². The maximum Gasteiger partial charge on any atom is 0.416 e. The summed E-state index contributed by atoms with van der Waals surface area (Å²) in [5.74, 6) is -0.630. The van der Waals surface area contributed by atoms with Crippen LogP contribution >= 0.6 is 0 Å². The first-order valence-electron chi connectivity index (χ1n) is 7.68. The molecule has 0 radical (unpaired) electrons. The van der Waals surface area contributed by atoms with Crippen LogP contribution in [0, 0.1) is 5.92 Å². The van der Waals surface area contributed by atoms with Gasteiger partial charge in [-0.25, -0.2) is 4.79 Å². The van der Waals surface area contributed by atoms with Crippen molar-refractivity contribution in [2.75, 3.05) is 19.6 Å². The SMILES string of the molecule is C=CCNC(=O)N1CCCC(C(=O)c2ccc(C(F)(F)F)cc2)C1. The van der Waals surface area contributed by atoms with E-state index in [9.17, 15) is 22.8 Å². The number of hydrogen-bond acceptors (Lipinski definition) is 2. The Kier molecular flexibility index (Phi) is 5.64. The number of hydrogen-bond donors (Lipinski definition) is 1. The van der Waals surface area contributed by atoms with Gasteiger partial charge in [0.1, 0.15) is 0 Å². The van der Waals surface area contributed by atoms with Crippen LogP contribution in [-0.4, -0.2) is 36.3 Å². The number of benzene rings is 1. The lowest BCUT2D eigenvalue weighted by Gasteiger charge is -2.32. The van der Waals surface area contributed by atoms with Crippen molar-refractivity contribution in [1.82, 2.24) is 10.2 Å². The highest BCUT2D eigenvalue weighted by Gasteiger charge is 2.32. The van der Waals surface area contributed by atoms with Crippen molar-refractivity contribution in [3.05, 3.63) is 48.0 Å². The maximum absolute atomic E-state index is 12.6. The Bertz CT molecular complexity index is 611. The summed E-state index contributed by atoms with van der Waals surface area (Å²) in [7, 11) is 0. The quantitative estimate of drug-likeness (QED) is 0.674. The summed E-state index contributed by atoms with van der Waals surface area (Å²) in [5.41, 5.74) is -0.547. The molecule has 1 atom stereocenters. The van der Waals surface area contributed by atoms with Crippen LogP contribution < -0.4 is 5.32 Å². The van der Waals surface area contributed by atoms with Crippen LogP contribution in [0.1, 0.15) is 28.8 Å². The molecule has 0 aromatic heterocycles. The van der Waals surface area contributed by atoms with Gasteiger partial charge in [0.2, 0.25) is 0 Å². The topological polar surface area (TPSA) is 49.4 Å². The summed E-state index contributed by atoms with van der Waals surface area (Å²) >= 11 is 0. The number of piperidine rings is 1. The second kappa shape index (κ2) is 7.51. The Labute approximate surface area is 138 Å². The minimum atomic E-state index is -4.42. The molecule has 1 aromatic rings. The third-order valence-corrected chi connectivity index (χ3v) is 3.97. The van der Waals surface area contributed by atoms with Crippen molar-refractivity contribution in [2.24, 2.45) is 5.92 Å². The molecule has 24 heavy (non-hydrogen) atoms. The highest BCUT2D eigenvalue weighted by atomic mass is 19.4. The van der Waals surface area contributed by atoms with E-state index >= 15 is 0 Å². The van der Waals surface area contributed by atoms with Crippen molar-refractivity contribution in [3.8, 4) is 0 Å². The molecule has 2 amide bonds. The fraction of sp³-hybridized carbons (Fsp3) is 0.412. The molecule has 1 aliphatic heterocycles. The van der Waals surface area contributed by atoms with Gasteiger partial charge in [-0.3, -0.25) is 4.79 Å². The zero-order chi connectivity index (χ0) is 17.7. The van der Waals surface area contributed by atoms with Gasteiger partial charge in [0.25, 0.3) is 0 Å². The van der Waals surface area contributed by atoms with Crippen molar-refractivity contribution < 1.29 is 22.8 Å². The minimum Gasteiger partial charge on any atom is -0.335 e. The maximum atomic E-state index is 12.6. The van der Waals surface area contributed by atoms with E-state index in [0.29, 0.717) is 25.9 Å². The molecular weight excluding hydrogens is 321 g/mol. The monoisotopic (exact) mass is 340 g/mol. The molecule has 0 spiro atoms. The molecule has 1 heterocycles. The number of halogens is 3. The van der Waals surface area contributed by atoms with E-state index in [1.807, 2.05) is 0 Å². The molecular formula is C17H19F3N2O2. The first-order chi connectivity index (χ1) is 11.3. The second-order valence-electron chi connectivity index (χ2n) is 5.70. The molecule has 1 aromatic carbocycles. The Hall–Kier alpha value is -2.31. The van der Waals surface area contributed by atoms with Crippen molar-refractivity contribution >= 4 is 11.8 Å². The number of ketones is 1. The van der Waals surface area contributed by atoms with Crippen molar-refractivity contribution in [3.63, 3.8) is 0 Å². The van der Waals surface area contributed by atoms with Gasteiger partial charge in [0, 0.05) is 31.1 Å². The molecule has 1 unspecified atom stereocenters. The number of nitrogens with one attached hydrogen (secondary N) is 1. The molecule has 1 N–H and O–H groups in total. The lowest BCUT2D eigenvalue weighted by molar-refractivity contribution is -0.137. The summed E-state index contributed by atoms with van der Waals surface area (Å²) in [5, 5.41) is 2.66. The average Bonchev–Trinajstić information content (AvgIpc) is 2.58. The van der Waals surface area contributed by atoms with E-state index < -0.39 is 17.7 Å². The zero-order valence-electron chi connectivity index (χ0n) is 13.1. The number of carbonyl (C=O) groups is 2. The van der Waals surface area contributed by atoms with E-state index in [-0.39, 0.29) is 23.9 Å². The van der Waals surface area contributed by atoms with E-state index in [2.05, 4.69) is 11.9 Å². The van der Waals surface area contributed by atoms with Crippen LogP contribution in [0.5, 0.6) is 0 Å². The number of alkyl halides is 3. The number of amides is 2. The smallest absolute Gasteiger partial charge is 0.335 e. The number of carbonyl (C=O) groups excluding carboxylic acids is 2. The Balaban J connectivity index is 2.03. The summed E-state index contributed by atoms with van der Waals surface area (Å²) in [6.07, 6.45) is -1.57. The number of rotatable bonds is 4. The lowest BCUT2D eigenvalue weighted by Crippen LogP contribution is -2.47. The summed E-state index contributed by atoms with van der Waals surface area (Å²) in [6, 6.07) is 3.94. The van der Waals surface area contributed by atoms with Crippen LogP contribution in [0.25, 0.3) is 0 Å². The number of urea groups is 1. The first kappa shape index (κ1) is 18.0. The third kappa shape index (κ3) is 4.37. The average molecular weight is 340 g/mol. The standard InChI is InChI=1S/C17H19F3N2O2/c1-2-9-21-16(24)22-10-3-4-13(11-22)15(23)12-5-7-14(8-6-12)17(18,19)20/h2,5-8,13H,1,3-4,9-11H2,(H,21,24). The number of nitrogens with zero attached hydrogens (tertiary/aromatic N) is 1. The van der Waals surface area contributed by atoms with Gasteiger partial charge >= 0.3 is 12.2 Å². The molecule has 0 aliphatic carbocycles. The van der Waals surface area contributed by atoms with Crippen LogP contribution in [0.2, 0.25) is 0 Å². The fourth-order valence-corrected chi connectivity index (χ4v) is 2.71. The number of likely N-dealkylation sites (tertiary alicyclic amines) is 1. The van der Waals surface area contributed by atoms with Crippen LogP contribution in [0.4, 0.5) is 18.0 Å². The number of Topliss-reactive ketones (excluding diaryl/α,β-unsaturated/α-hetero) is 1. The van der Waals surface area contributed by atoms with E-state index in [4.69, 9.17) is 0 Å². The van der Waals surface area contributed by atoms with Gasteiger partial charge in [-0.05, 0) is 25.0 Å². The molecule has 1 saturated heterocycles. The zero-order valence-corrected chi connectivity index (χ0v) is 13.1. The van der Waals surface area contributed by atoms with E-state index in [0.717, 1.165) is 12.1 Å². The Morgan fingerprint density at radius 3 is 2.54 bits per heavy atom. The van der Waals surface area contributed by atoms with Crippen molar-refractivity contribution in [2.45, 2.75) is 19.0 Å². The van der Waals surface area contributed by atoms with Crippen LogP contribution in [-0.2, 0) is 6.18 Å². The van der Waals surface area contributed by atoms with Gasteiger partial charge < -0.3 is 10.2 Å². The van der Waals surface area contributed by atoms with Crippen LogP contribution in [0.3, 0.4) is 0 Å². The second-order valence-corrected chi connectivity index (χ2v) is 5.70. The molecule has 1 aliphatic rings. The van der Waals surface area contributed by atoms with Gasteiger partial charge in [0.05, 0.1) is 5.56 Å². The minimum absolute atomic E-state index is 0.232. The summed E-state index contributed by atoms with van der Waals surface area (Å²) in [4.78, 5) is 26.0. The van der Waals surface area contributed by atoms with Crippen molar-refractivity contribution in [1.29, 1.82) is 0 Å². The first-order valence-corrected chi connectivity index (χ1v) is 7.68. The third-order valence-electron chi connectivity index (χ3n) is 3.97. The Morgan fingerprint density at radius 2 is 1.96 bits per heavy atom. The Morgan fingerprint density at radius 1 is 1.29 bits per heavy atom. The van der Waals surface area contributed by atoms with Crippen LogP contribution in [0.15, 0.2) is 36.9 Å². The van der Waals surface area contributed by atoms with Gasteiger partial charge in [-0.15, -0.1) is 6.58 Å². The molecule has 7 heteroatoms. The highest BCUT2D eigenvalue weighted by Crippen LogP contribution is 2.30. The molecule has 0 bridgehead atoms. The summed E-state index contributed by atoms with van der Waals surface area (Å²) in [6.45, 7) is 4.68. The molecule has 2 rings (SSSR count). The van der Waals surface area contributed by atoms with Gasteiger partial charge in [-0.2, -0.15) is 13.2 Å². The fourth-order valence-electron chi connectivity index (χ4n) is 2.71. The predicted molar refractivity (Wildman–Crippen MR) is 83.7 cm³/mol. The summed E-state index contributed by atoms with van der Waals surface area (Å²) < 4.78 is 37.7. The molecule has 130 valence electrons. The molecule has 4 nitrogen and oxygen atoms in total. The lowest BCUT2D eigenvalue weighted by atomic mass is 9.90. The van der Waals surface area contributed by atoms with Gasteiger partial charge in [-0.1, -0.05) is 18.2 Å².